The monoisotopic (exact) mass is 493 g/mol. The molecular weight excluding hydrogens is 470 g/mol. The van der Waals surface area contributed by atoms with Crippen molar-refractivity contribution in [3.05, 3.63) is 96.3 Å². The summed E-state index contributed by atoms with van der Waals surface area (Å²) in [7, 11) is 3.51. The first kappa shape index (κ1) is 23.6. The summed E-state index contributed by atoms with van der Waals surface area (Å²) in [5, 5.41) is 2.73. The number of carbonyl (C=O) groups is 2. The highest BCUT2D eigenvalue weighted by atomic mass is 16.5. The number of amides is 2. The number of likely N-dealkylation sites (N-methyl/N-ethyl adjacent to an activating group) is 1. The number of nitrogens with one attached hydrogen (secondary N) is 1. The average Bonchev–Trinajstić information content (AvgIpc) is 3.30. The minimum absolute atomic E-state index is 0.0267. The third-order valence-corrected chi connectivity index (χ3v) is 5.64. The summed E-state index contributed by atoms with van der Waals surface area (Å²) < 4.78 is 13.5. The lowest BCUT2D eigenvalue weighted by Gasteiger charge is -2.20. The van der Waals surface area contributed by atoms with Crippen LogP contribution in [-0.4, -0.2) is 46.0 Å². The standard InChI is InChI=1S/C28H23N5O4/c1-32-16-20(30-18-32)10-8-19-9-11-26-25(14-19)33(2)28(35)24(17-36-26)31-27(34)23-15-22(12-13-29-23)37-21-6-4-3-5-7-21/h3-7,9,11-16,18,24H,17H2,1-2H3,(H,31,34)/t24-/m0/s1. The summed E-state index contributed by atoms with van der Waals surface area (Å²) in [4.78, 5) is 36.0. The van der Waals surface area contributed by atoms with E-state index in [1.54, 1.807) is 31.6 Å². The number of aromatic nitrogens is 3. The van der Waals surface area contributed by atoms with Crippen LogP contribution in [-0.2, 0) is 11.8 Å². The van der Waals surface area contributed by atoms with E-state index in [-0.39, 0.29) is 18.2 Å². The number of ether oxygens (including phenoxy) is 2. The van der Waals surface area contributed by atoms with E-state index in [2.05, 4.69) is 27.1 Å². The number of fused-ring (bicyclic) bond motifs is 1. The molecule has 3 heterocycles. The van der Waals surface area contributed by atoms with Gasteiger partial charge < -0.3 is 24.3 Å². The lowest BCUT2D eigenvalue weighted by atomic mass is 10.1. The summed E-state index contributed by atoms with van der Waals surface area (Å²) in [5.74, 6) is 6.84. The van der Waals surface area contributed by atoms with Gasteiger partial charge >= 0.3 is 0 Å². The SMILES string of the molecule is CN1C(=O)[C@@H](NC(=O)c2cc(Oc3ccccc3)ccn2)COc2ccc(C#Cc3cn(C)cn3)cc21. The second kappa shape index (κ2) is 10.3. The van der Waals surface area contributed by atoms with Gasteiger partial charge in [0.25, 0.3) is 11.8 Å². The first-order valence-corrected chi connectivity index (χ1v) is 11.5. The quantitative estimate of drug-likeness (QED) is 0.439. The second-order valence-electron chi connectivity index (χ2n) is 8.38. The second-order valence-corrected chi connectivity index (χ2v) is 8.38. The Hall–Kier alpha value is -5.10. The van der Waals surface area contributed by atoms with Gasteiger partial charge in [0.15, 0.2) is 0 Å². The van der Waals surface area contributed by atoms with Crippen LogP contribution < -0.4 is 19.7 Å². The Bertz CT molecular complexity index is 1520. The third kappa shape index (κ3) is 5.44. The molecule has 2 aromatic heterocycles. The van der Waals surface area contributed by atoms with Gasteiger partial charge in [-0.3, -0.25) is 14.6 Å². The first-order valence-electron chi connectivity index (χ1n) is 11.5. The summed E-state index contributed by atoms with van der Waals surface area (Å²) >= 11 is 0. The zero-order chi connectivity index (χ0) is 25.8. The van der Waals surface area contributed by atoms with Gasteiger partial charge in [0.1, 0.15) is 41.3 Å². The highest BCUT2D eigenvalue weighted by Crippen LogP contribution is 2.31. The molecule has 0 fully saturated rings. The molecule has 2 amide bonds. The van der Waals surface area contributed by atoms with Crippen molar-refractivity contribution in [2.45, 2.75) is 6.04 Å². The number of rotatable bonds is 4. The Kier molecular flexibility index (Phi) is 6.55. The number of hydrogen-bond acceptors (Lipinski definition) is 6. The van der Waals surface area contributed by atoms with Crippen LogP contribution in [0.3, 0.4) is 0 Å². The summed E-state index contributed by atoms with van der Waals surface area (Å²) in [5.41, 5.74) is 2.03. The molecule has 0 aliphatic carbocycles. The van der Waals surface area contributed by atoms with Crippen LogP contribution in [0.5, 0.6) is 17.2 Å². The summed E-state index contributed by atoms with van der Waals surface area (Å²) in [6.45, 7) is -0.0267. The Labute approximate surface area is 213 Å². The molecule has 4 aromatic rings. The van der Waals surface area contributed by atoms with Crippen molar-refractivity contribution < 1.29 is 19.1 Å². The van der Waals surface area contributed by atoms with Crippen LogP contribution in [0, 0.1) is 11.8 Å². The molecule has 0 saturated carbocycles. The molecule has 0 radical (unpaired) electrons. The number of pyridine rings is 1. The maximum absolute atomic E-state index is 13.2. The van der Waals surface area contributed by atoms with Crippen molar-refractivity contribution >= 4 is 17.5 Å². The van der Waals surface area contributed by atoms with Crippen LogP contribution in [0.25, 0.3) is 0 Å². The van der Waals surface area contributed by atoms with Gasteiger partial charge in [-0.05, 0) is 42.3 Å². The Morgan fingerprint density at radius 2 is 1.89 bits per heavy atom. The molecule has 1 N–H and O–H groups in total. The predicted molar refractivity (Wildman–Crippen MR) is 137 cm³/mol. The van der Waals surface area contributed by atoms with Gasteiger partial charge in [0, 0.05) is 38.1 Å². The van der Waals surface area contributed by atoms with Gasteiger partial charge in [0.05, 0.1) is 12.0 Å². The van der Waals surface area contributed by atoms with Gasteiger partial charge in [-0.25, -0.2) is 4.98 Å². The Morgan fingerprint density at radius 3 is 2.68 bits per heavy atom. The molecule has 0 unspecified atom stereocenters. The molecule has 1 aliphatic heterocycles. The van der Waals surface area contributed by atoms with Crippen molar-refractivity contribution in [2.75, 3.05) is 18.6 Å². The van der Waals surface area contributed by atoms with Crippen LogP contribution in [0.15, 0.2) is 79.4 Å². The molecular formula is C28H23N5O4. The van der Waals surface area contributed by atoms with Crippen molar-refractivity contribution in [3.8, 4) is 29.1 Å². The van der Waals surface area contributed by atoms with Gasteiger partial charge in [-0.2, -0.15) is 0 Å². The van der Waals surface area contributed by atoms with E-state index in [1.807, 2.05) is 54.2 Å². The number of aryl methyl sites for hydroxylation is 1. The van der Waals surface area contributed by atoms with Gasteiger partial charge in [-0.1, -0.05) is 24.1 Å². The number of anilines is 1. The molecule has 0 saturated heterocycles. The van der Waals surface area contributed by atoms with Crippen LogP contribution >= 0.6 is 0 Å². The number of para-hydroxylation sites is 1. The van der Waals surface area contributed by atoms with E-state index in [1.165, 1.54) is 17.2 Å². The minimum atomic E-state index is -0.909. The smallest absolute Gasteiger partial charge is 0.270 e. The average molecular weight is 494 g/mol. The zero-order valence-electron chi connectivity index (χ0n) is 20.2. The molecule has 184 valence electrons. The summed E-state index contributed by atoms with van der Waals surface area (Å²) in [6.07, 6.45) is 4.98. The lowest BCUT2D eigenvalue weighted by Crippen LogP contribution is -2.49. The molecule has 0 spiro atoms. The van der Waals surface area contributed by atoms with Gasteiger partial charge in [0.2, 0.25) is 0 Å². The number of carbonyl (C=O) groups excluding carboxylic acids is 2. The number of imidazole rings is 1. The highest BCUT2D eigenvalue weighted by Gasteiger charge is 2.31. The minimum Gasteiger partial charge on any atom is -0.489 e. The fourth-order valence-corrected chi connectivity index (χ4v) is 3.75. The lowest BCUT2D eigenvalue weighted by molar-refractivity contribution is -0.120. The van der Waals surface area contributed by atoms with E-state index in [0.717, 1.165) is 0 Å². The van der Waals surface area contributed by atoms with E-state index in [9.17, 15) is 9.59 Å². The molecule has 37 heavy (non-hydrogen) atoms. The molecule has 9 heteroatoms. The van der Waals surface area contributed by atoms with Crippen LogP contribution in [0.4, 0.5) is 5.69 Å². The number of benzene rings is 2. The van der Waals surface area contributed by atoms with E-state index in [0.29, 0.717) is 34.2 Å². The topological polar surface area (TPSA) is 98.6 Å². The van der Waals surface area contributed by atoms with Crippen LogP contribution in [0.2, 0.25) is 0 Å². The largest absolute Gasteiger partial charge is 0.489 e. The predicted octanol–water partition coefficient (Wildman–Crippen LogP) is 3.16. The summed E-state index contributed by atoms with van der Waals surface area (Å²) in [6, 6.07) is 16.8. The fourth-order valence-electron chi connectivity index (χ4n) is 3.75. The van der Waals surface area contributed by atoms with E-state index in [4.69, 9.17) is 9.47 Å². The van der Waals surface area contributed by atoms with Crippen molar-refractivity contribution in [3.63, 3.8) is 0 Å². The van der Waals surface area contributed by atoms with E-state index >= 15 is 0 Å². The number of hydrogen-bond donors (Lipinski definition) is 1. The third-order valence-electron chi connectivity index (χ3n) is 5.64. The number of nitrogens with zero attached hydrogens (tertiary/aromatic N) is 4. The zero-order valence-corrected chi connectivity index (χ0v) is 20.2. The molecule has 9 nitrogen and oxygen atoms in total. The Balaban J connectivity index is 1.29. The fraction of sp³-hybridized carbons (Fsp3) is 0.143. The van der Waals surface area contributed by atoms with Crippen molar-refractivity contribution in [1.82, 2.24) is 19.9 Å². The molecule has 0 bridgehead atoms. The normalized spacial score (nSPS) is 14.5. The van der Waals surface area contributed by atoms with Crippen LogP contribution in [0.1, 0.15) is 21.7 Å². The Morgan fingerprint density at radius 1 is 1.05 bits per heavy atom. The van der Waals surface area contributed by atoms with E-state index < -0.39 is 11.9 Å². The molecule has 1 aliphatic rings. The molecule has 5 rings (SSSR count). The van der Waals surface area contributed by atoms with Crippen molar-refractivity contribution in [1.29, 1.82) is 0 Å². The van der Waals surface area contributed by atoms with Gasteiger partial charge in [-0.15, -0.1) is 0 Å². The van der Waals surface area contributed by atoms with Crippen molar-refractivity contribution in [2.24, 2.45) is 7.05 Å². The molecule has 2 aromatic carbocycles. The highest BCUT2D eigenvalue weighted by molar-refractivity contribution is 6.03. The first-order chi connectivity index (χ1) is 18.0. The molecule has 1 atom stereocenters. The maximum Gasteiger partial charge on any atom is 0.270 e. The maximum atomic E-state index is 13.2.